The average molecular weight is 598 g/mol. The van der Waals surface area contributed by atoms with Crippen LogP contribution >= 0.6 is 0 Å². The molecular weight excluding hydrogens is 558 g/mol. The van der Waals surface area contributed by atoms with Gasteiger partial charge in [0.25, 0.3) is 0 Å². The summed E-state index contributed by atoms with van der Waals surface area (Å²) in [6, 6.07) is 17.7. The van der Waals surface area contributed by atoms with Gasteiger partial charge < -0.3 is 5.32 Å². The summed E-state index contributed by atoms with van der Waals surface area (Å²) in [5.74, 6) is -0.451. The number of nitrogens with zero attached hydrogens (tertiary/aromatic N) is 2. The second-order valence-corrected chi connectivity index (χ2v) is 14.7. The molecule has 0 spiro atoms. The van der Waals surface area contributed by atoms with E-state index in [9.17, 15) is 21.6 Å². The van der Waals surface area contributed by atoms with Crippen molar-refractivity contribution < 1.29 is 21.6 Å². The van der Waals surface area contributed by atoms with Crippen molar-refractivity contribution in [3.8, 4) is 0 Å². The van der Waals surface area contributed by atoms with Crippen molar-refractivity contribution in [2.75, 3.05) is 19.6 Å². The fourth-order valence-corrected chi connectivity index (χ4v) is 8.59. The van der Waals surface area contributed by atoms with Gasteiger partial charge in [-0.3, -0.25) is 4.79 Å². The Bertz CT molecular complexity index is 1570. The smallest absolute Gasteiger partial charge is 0.244 e. The van der Waals surface area contributed by atoms with E-state index in [0.717, 1.165) is 36.0 Å². The van der Waals surface area contributed by atoms with E-state index in [-0.39, 0.29) is 29.4 Å². The van der Waals surface area contributed by atoms with Crippen molar-refractivity contribution in [2.45, 2.75) is 69.8 Å². The van der Waals surface area contributed by atoms with E-state index in [1.54, 1.807) is 38.1 Å². The lowest BCUT2D eigenvalue weighted by molar-refractivity contribution is -0.121. The van der Waals surface area contributed by atoms with Crippen molar-refractivity contribution in [1.29, 1.82) is 0 Å². The van der Waals surface area contributed by atoms with Gasteiger partial charge in [-0.2, -0.15) is 8.61 Å². The zero-order valence-electron chi connectivity index (χ0n) is 24.2. The Hall–Kier alpha value is -3.05. The minimum absolute atomic E-state index is 0.0475. The zero-order valence-corrected chi connectivity index (χ0v) is 25.8. The van der Waals surface area contributed by atoms with Gasteiger partial charge in [-0.15, -0.1) is 0 Å². The maximum Gasteiger partial charge on any atom is 0.244 e. The second-order valence-electron chi connectivity index (χ2n) is 10.9. The highest BCUT2D eigenvalue weighted by Crippen LogP contribution is 2.27. The molecule has 41 heavy (non-hydrogen) atoms. The van der Waals surface area contributed by atoms with E-state index in [2.05, 4.69) is 5.32 Å². The summed E-state index contributed by atoms with van der Waals surface area (Å²) in [7, 11) is -7.54. The molecule has 0 aliphatic carbocycles. The summed E-state index contributed by atoms with van der Waals surface area (Å²) in [5.41, 5.74) is 4.79. The fourth-order valence-electron chi connectivity index (χ4n) is 5.28. The van der Waals surface area contributed by atoms with Crippen molar-refractivity contribution in [2.24, 2.45) is 0 Å². The van der Waals surface area contributed by atoms with Crippen LogP contribution in [0.2, 0.25) is 0 Å². The van der Waals surface area contributed by atoms with Crippen molar-refractivity contribution in [3.05, 3.63) is 94.0 Å². The Balaban J connectivity index is 1.49. The van der Waals surface area contributed by atoms with Gasteiger partial charge in [0, 0.05) is 26.2 Å². The molecule has 0 bridgehead atoms. The number of carbonyl (C=O) groups is 1. The summed E-state index contributed by atoms with van der Waals surface area (Å²) in [5, 5.41) is 2.80. The van der Waals surface area contributed by atoms with Crippen LogP contribution in [0.25, 0.3) is 0 Å². The molecule has 3 aromatic carbocycles. The molecule has 0 unspecified atom stereocenters. The van der Waals surface area contributed by atoms with Crippen molar-refractivity contribution in [3.63, 3.8) is 0 Å². The molecule has 1 aliphatic rings. The maximum absolute atomic E-state index is 13.9. The van der Waals surface area contributed by atoms with Crippen LogP contribution in [0.5, 0.6) is 0 Å². The Morgan fingerprint density at radius 2 is 1.34 bits per heavy atom. The molecule has 1 N–H and O–H groups in total. The van der Waals surface area contributed by atoms with Gasteiger partial charge in [0.15, 0.2) is 0 Å². The van der Waals surface area contributed by atoms with Gasteiger partial charge in [-0.05, 0) is 74.9 Å². The standard InChI is InChI=1S/C31H39N3O5S2/c1-23-8-10-28(11-9-23)21-34(41(38,39)31-25(3)18-24(2)19-26(31)4)22-30(35)32-20-27-12-14-29(15-13-27)40(36,37)33-16-6-5-7-17-33/h8-15,18-19H,5-7,16-17,20-22H2,1-4H3,(H,32,35). The molecule has 8 nitrogen and oxygen atoms in total. The average Bonchev–Trinajstić information content (AvgIpc) is 2.92. The summed E-state index contributed by atoms with van der Waals surface area (Å²) in [4.78, 5) is 13.5. The summed E-state index contributed by atoms with van der Waals surface area (Å²) >= 11 is 0. The SMILES string of the molecule is Cc1ccc(CN(CC(=O)NCc2ccc(S(=O)(=O)N3CCCCC3)cc2)S(=O)(=O)c2c(C)cc(C)cc2C)cc1. The fraction of sp³-hybridized carbons (Fsp3) is 0.387. The first kappa shape index (κ1) is 30.9. The van der Waals surface area contributed by atoms with E-state index in [1.807, 2.05) is 50.2 Å². The third-order valence-corrected chi connectivity index (χ3v) is 11.4. The van der Waals surface area contributed by atoms with Gasteiger partial charge in [0.05, 0.1) is 16.3 Å². The first-order valence-corrected chi connectivity index (χ1v) is 16.8. The molecule has 0 radical (unpaired) electrons. The molecule has 3 aromatic rings. The monoisotopic (exact) mass is 597 g/mol. The molecule has 0 saturated carbocycles. The molecular formula is C31H39N3O5S2. The lowest BCUT2D eigenvalue weighted by atomic mass is 10.1. The number of sulfonamides is 2. The number of hydrogen-bond acceptors (Lipinski definition) is 5. The van der Waals surface area contributed by atoms with Crippen LogP contribution in [0.15, 0.2) is 70.5 Å². The number of hydrogen-bond donors (Lipinski definition) is 1. The van der Waals surface area contributed by atoms with Gasteiger partial charge in [0.2, 0.25) is 26.0 Å². The highest BCUT2D eigenvalue weighted by molar-refractivity contribution is 7.89. The first-order valence-electron chi connectivity index (χ1n) is 13.9. The molecule has 1 fully saturated rings. The summed E-state index contributed by atoms with van der Waals surface area (Å²) < 4.78 is 56.4. The highest BCUT2D eigenvalue weighted by Gasteiger charge is 2.30. The number of nitrogens with one attached hydrogen (secondary N) is 1. The lowest BCUT2D eigenvalue weighted by Gasteiger charge is -2.26. The van der Waals surface area contributed by atoms with Crippen molar-refractivity contribution in [1.82, 2.24) is 13.9 Å². The Kier molecular flexibility index (Phi) is 9.69. The molecule has 1 heterocycles. The van der Waals surface area contributed by atoms with E-state index in [0.29, 0.717) is 29.8 Å². The molecule has 4 rings (SSSR count). The number of rotatable bonds is 10. The Morgan fingerprint density at radius 1 is 0.780 bits per heavy atom. The van der Waals surface area contributed by atoms with Gasteiger partial charge in [-0.1, -0.05) is 66.1 Å². The third kappa shape index (κ3) is 7.43. The topological polar surface area (TPSA) is 104 Å². The first-order chi connectivity index (χ1) is 19.4. The van der Waals surface area contributed by atoms with Crippen LogP contribution < -0.4 is 5.32 Å². The Morgan fingerprint density at radius 3 is 1.93 bits per heavy atom. The largest absolute Gasteiger partial charge is 0.351 e. The molecule has 0 atom stereocenters. The van der Waals surface area contributed by atoms with Crippen LogP contribution in [-0.4, -0.2) is 51.0 Å². The number of aryl methyl sites for hydroxylation is 4. The molecule has 0 aromatic heterocycles. The third-order valence-electron chi connectivity index (χ3n) is 7.37. The molecule has 10 heteroatoms. The van der Waals surface area contributed by atoms with E-state index in [1.165, 1.54) is 8.61 Å². The maximum atomic E-state index is 13.9. The normalized spacial score (nSPS) is 14.8. The minimum Gasteiger partial charge on any atom is -0.351 e. The summed E-state index contributed by atoms with van der Waals surface area (Å²) in [6.45, 7) is 8.32. The molecule has 1 aliphatic heterocycles. The second kappa shape index (κ2) is 12.9. The quantitative estimate of drug-likeness (QED) is 0.368. The number of carbonyl (C=O) groups excluding carboxylic acids is 1. The molecule has 220 valence electrons. The van der Waals surface area contributed by atoms with Crippen LogP contribution in [0.3, 0.4) is 0 Å². The number of piperidine rings is 1. The van der Waals surface area contributed by atoms with Gasteiger partial charge in [0.1, 0.15) is 0 Å². The van der Waals surface area contributed by atoms with E-state index in [4.69, 9.17) is 0 Å². The van der Waals surface area contributed by atoms with Crippen LogP contribution in [-0.2, 0) is 37.9 Å². The summed E-state index contributed by atoms with van der Waals surface area (Å²) in [6.07, 6.45) is 2.77. The van der Waals surface area contributed by atoms with Crippen LogP contribution in [0.4, 0.5) is 0 Å². The molecule has 1 amide bonds. The van der Waals surface area contributed by atoms with Crippen LogP contribution in [0, 0.1) is 27.7 Å². The van der Waals surface area contributed by atoms with Gasteiger partial charge in [-0.25, -0.2) is 16.8 Å². The van der Waals surface area contributed by atoms with E-state index < -0.39 is 26.0 Å². The highest BCUT2D eigenvalue weighted by atomic mass is 32.2. The van der Waals surface area contributed by atoms with Crippen molar-refractivity contribution >= 4 is 26.0 Å². The van der Waals surface area contributed by atoms with E-state index >= 15 is 0 Å². The number of amides is 1. The predicted molar refractivity (Wildman–Crippen MR) is 160 cm³/mol. The zero-order chi connectivity index (χ0) is 29.8. The minimum atomic E-state index is -4.00. The number of benzene rings is 3. The van der Waals surface area contributed by atoms with Gasteiger partial charge >= 0.3 is 0 Å². The Labute approximate surface area is 244 Å². The molecule has 1 saturated heterocycles. The lowest BCUT2D eigenvalue weighted by Crippen LogP contribution is -2.40. The predicted octanol–water partition coefficient (Wildman–Crippen LogP) is 4.60. The van der Waals surface area contributed by atoms with Crippen LogP contribution in [0.1, 0.15) is 52.6 Å².